The number of allylic oxidation sites excluding steroid dienone is 2. The molecule has 108 valence electrons. The lowest BCUT2D eigenvalue weighted by atomic mass is 9.45. The molecule has 19 heavy (non-hydrogen) atoms. The standard InChI is InChI=1S/C18H30O/c1-10(2)13-9-18-14(13)7-11(3)16(18)12(4)8-15(18)17(5,6)19/h7,10,12-16,19H,8-9H2,1-6H3. The summed E-state index contributed by atoms with van der Waals surface area (Å²) in [5, 5.41) is 10.7. The van der Waals surface area contributed by atoms with Crippen LogP contribution in [0.25, 0.3) is 0 Å². The first-order chi connectivity index (χ1) is 8.69. The lowest BCUT2D eigenvalue weighted by molar-refractivity contribution is -0.139. The van der Waals surface area contributed by atoms with E-state index in [0.29, 0.717) is 11.3 Å². The number of rotatable bonds is 2. The van der Waals surface area contributed by atoms with Crippen LogP contribution in [0, 0.1) is 40.9 Å². The summed E-state index contributed by atoms with van der Waals surface area (Å²) in [6.45, 7) is 13.5. The van der Waals surface area contributed by atoms with Crippen LogP contribution < -0.4 is 0 Å². The van der Waals surface area contributed by atoms with Crippen molar-refractivity contribution in [1.82, 2.24) is 0 Å². The normalized spacial score (nSPS) is 48.8. The van der Waals surface area contributed by atoms with Gasteiger partial charge in [-0.1, -0.05) is 32.4 Å². The highest BCUT2D eigenvalue weighted by Crippen LogP contribution is 2.75. The molecule has 6 unspecified atom stereocenters. The molecule has 1 N–H and O–H groups in total. The summed E-state index contributed by atoms with van der Waals surface area (Å²) < 4.78 is 0. The fraction of sp³-hybridized carbons (Fsp3) is 0.889. The van der Waals surface area contributed by atoms with Gasteiger partial charge in [-0.05, 0) is 74.5 Å². The minimum Gasteiger partial charge on any atom is -0.390 e. The maximum Gasteiger partial charge on any atom is 0.0625 e. The molecule has 6 atom stereocenters. The molecule has 0 radical (unpaired) electrons. The molecule has 2 saturated carbocycles. The second-order valence-electron chi connectivity index (χ2n) is 8.56. The van der Waals surface area contributed by atoms with Gasteiger partial charge in [0.15, 0.2) is 0 Å². The van der Waals surface area contributed by atoms with Crippen molar-refractivity contribution in [3.8, 4) is 0 Å². The second kappa shape index (κ2) is 3.87. The molecule has 0 aliphatic heterocycles. The third-order valence-electron chi connectivity index (χ3n) is 6.72. The van der Waals surface area contributed by atoms with Crippen molar-refractivity contribution >= 4 is 0 Å². The van der Waals surface area contributed by atoms with Crippen molar-refractivity contribution in [3.05, 3.63) is 11.6 Å². The van der Waals surface area contributed by atoms with Crippen molar-refractivity contribution in [1.29, 1.82) is 0 Å². The summed E-state index contributed by atoms with van der Waals surface area (Å²) >= 11 is 0. The smallest absolute Gasteiger partial charge is 0.0625 e. The minimum absolute atomic E-state index is 0.399. The fourth-order valence-corrected chi connectivity index (χ4v) is 6.23. The molecular weight excluding hydrogens is 232 g/mol. The van der Waals surface area contributed by atoms with Gasteiger partial charge < -0.3 is 5.11 Å². The van der Waals surface area contributed by atoms with Crippen LogP contribution in [0.2, 0.25) is 0 Å². The number of hydrogen-bond acceptors (Lipinski definition) is 1. The third-order valence-corrected chi connectivity index (χ3v) is 6.72. The van der Waals surface area contributed by atoms with Crippen molar-refractivity contribution in [3.63, 3.8) is 0 Å². The highest BCUT2D eigenvalue weighted by molar-refractivity contribution is 5.33. The summed E-state index contributed by atoms with van der Waals surface area (Å²) in [5.41, 5.74) is 1.49. The van der Waals surface area contributed by atoms with Gasteiger partial charge in [0.25, 0.3) is 0 Å². The molecule has 3 aliphatic carbocycles. The molecule has 0 bridgehead atoms. The Kier molecular flexibility index (Phi) is 2.79. The Balaban J connectivity index is 2.00. The molecule has 0 aromatic heterocycles. The van der Waals surface area contributed by atoms with Crippen LogP contribution >= 0.6 is 0 Å². The van der Waals surface area contributed by atoms with Crippen molar-refractivity contribution in [2.24, 2.45) is 40.9 Å². The zero-order valence-electron chi connectivity index (χ0n) is 13.4. The first-order valence-electron chi connectivity index (χ1n) is 8.10. The second-order valence-corrected chi connectivity index (χ2v) is 8.56. The van der Waals surface area contributed by atoms with Gasteiger partial charge in [0, 0.05) is 0 Å². The average molecular weight is 262 g/mol. The van der Waals surface area contributed by atoms with Crippen LogP contribution in [-0.2, 0) is 0 Å². The summed E-state index contributed by atoms with van der Waals surface area (Å²) in [6.07, 6.45) is 5.13. The van der Waals surface area contributed by atoms with Crippen LogP contribution in [0.1, 0.15) is 54.4 Å². The van der Waals surface area contributed by atoms with E-state index in [2.05, 4.69) is 33.8 Å². The largest absolute Gasteiger partial charge is 0.390 e. The van der Waals surface area contributed by atoms with Gasteiger partial charge in [0.2, 0.25) is 0 Å². The highest BCUT2D eigenvalue weighted by Gasteiger charge is 2.70. The summed E-state index contributed by atoms with van der Waals surface area (Å²) in [5.74, 6) is 4.31. The Labute approximate surface area is 118 Å². The van der Waals surface area contributed by atoms with Gasteiger partial charge in [-0.2, -0.15) is 0 Å². The molecule has 0 aromatic rings. The molecule has 2 fully saturated rings. The Bertz CT molecular complexity index is 414. The van der Waals surface area contributed by atoms with Crippen molar-refractivity contribution in [2.75, 3.05) is 0 Å². The number of hydrogen-bond donors (Lipinski definition) is 1. The molecule has 3 rings (SSSR count). The highest BCUT2D eigenvalue weighted by atomic mass is 16.3. The molecule has 0 heterocycles. The molecular formula is C18H30O. The summed E-state index contributed by atoms with van der Waals surface area (Å²) in [4.78, 5) is 0. The lowest BCUT2D eigenvalue weighted by Crippen LogP contribution is -2.56. The van der Waals surface area contributed by atoms with E-state index >= 15 is 0 Å². The van der Waals surface area contributed by atoms with Gasteiger partial charge in [-0.15, -0.1) is 0 Å². The van der Waals surface area contributed by atoms with E-state index in [1.54, 1.807) is 5.57 Å². The first-order valence-corrected chi connectivity index (χ1v) is 8.10. The Morgan fingerprint density at radius 1 is 1.37 bits per heavy atom. The van der Waals surface area contributed by atoms with Gasteiger partial charge in [-0.3, -0.25) is 0 Å². The molecule has 0 aromatic carbocycles. The predicted molar refractivity (Wildman–Crippen MR) is 79.7 cm³/mol. The van der Waals surface area contributed by atoms with E-state index in [0.717, 1.165) is 29.6 Å². The maximum absolute atomic E-state index is 10.7. The topological polar surface area (TPSA) is 20.2 Å². The average Bonchev–Trinajstić information content (AvgIpc) is 2.66. The van der Waals surface area contributed by atoms with E-state index < -0.39 is 5.60 Å². The van der Waals surface area contributed by atoms with Gasteiger partial charge in [0.05, 0.1) is 5.60 Å². The molecule has 1 heteroatoms. The molecule has 0 amide bonds. The van der Waals surface area contributed by atoms with Crippen molar-refractivity contribution < 1.29 is 5.11 Å². The van der Waals surface area contributed by atoms with E-state index in [4.69, 9.17) is 0 Å². The molecule has 1 spiro atoms. The van der Waals surface area contributed by atoms with Gasteiger partial charge >= 0.3 is 0 Å². The fourth-order valence-electron chi connectivity index (χ4n) is 6.23. The van der Waals surface area contributed by atoms with Crippen molar-refractivity contribution in [2.45, 2.75) is 60.0 Å². The van der Waals surface area contributed by atoms with E-state index in [-0.39, 0.29) is 0 Å². The Morgan fingerprint density at radius 2 is 2.00 bits per heavy atom. The van der Waals surface area contributed by atoms with E-state index in [9.17, 15) is 5.11 Å². The van der Waals surface area contributed by atoms with Gasteiger partial charge in [0.1, 0.15) is 0 Å². The minimum atomic E-state index is -0.526. The molecule has 1 nitrogen and oxygen atoms in total. The zero-order chi connectivity index (χ0) is 14.2. The Morgan fingerprint density at radius 3 is 2.53 bits per heavy atom. The number of aliphatic hydroxyl groups is 1. The quantitative estimate of drug-likeness (QED) is 0.737. The van der Waals surface area contributed by atoms with Crippen LogP contribution in [0.15, 0.2) is 11.6 Å². The maximum atomic E-state index is 10.7. The van der Waals surface area contributed by atoms with E-state index in [1.807, 2.05) is 13.8 Å². The zero-order valence-corrected chi connectivity index (χ0v) is 13.4. The third kappa shape index (κ3) is 1.57. The lowest BCUT2D eigenvalue weighted by Gasteiger charge is -2.59. The predicted octanol–water partition coefficient (Wildman–Crippen LogP) is 4.27. The van der Waals surface area contributed by atoms with Gasteiger partial charge in [-0.25, -0.2) is 0 Å². The SMILES string of the molecule is CC1=CC2C(C(C)C)CC23C1C(C)CC3C(C)(C)O. The first kappa shape index (κ1) is 13.7. The summed E-state index contributed by atoms with van der Waals surface area (Å²) in [6, 6.07) is 0. The molecule has 0 saturated heterocycles. The van der Waals surface area contributed by atoms with E-state index in [1.165, 1.54) is 12.8 Å². The van der Waals surface area contributed by atoms with Crippen LogP contribution in [0.3, 0.4) is 0 Å². The Hall–Kier alpha value is -0.300. The molecule has 3 aliphatic rings. The van der Waals surface area contributed by atoms with Crippen LogP contribution in [-0.4, -0.2) is 10.7 Å². The van der Waals surface area contributed by atoms with Crippen LogP contribution in [0.4, 0.5) is 0 Å². The monoisotopic (exact) mass is 262 g/mol. The van der Waals surface area contributed by atoms with Crippen LogP contribution in [0.5, 0.6) is 0 Å². The summed E-state index contributed by atoms with van der Waals surface area (Å²) in [7, 11) is 0.